The molecule has 2 saturated heterocycles. The molecular formula is C14H16N2O5S. The highest BCUT2D eigenvalue weighted by molar-refractivity contribution is 7.89. The van der Waals surface area contributed by atoms with E-state index in [1.807, 2.05) is 0 Å². The van der Waals surface area contributed by atoms with Crippen LogP contribution in [0.1, 0.15) is 0 Å². The summed E-state index contributed by atoms with van der Waals surface area (Å²) in [6, 6.07) is 4.64. The Labute approximate surface area is 128 Å². The summed E-state index contributed by atoms with van der Waals surface area (Å²) in [7, 11) is -3.62. The number of sulfonamides is 1. The average Bonchev–Trinajstić information content (AvgIpc) is 3.10. The van der Waals surface area contributed by atoms with Crippen LogP contribution in [0.4, 0.5) is 0 Å². The summed E-state index contributed by atoms with van der Waals surface area (Å²) in [5, 5.41) is 2.78. The van der Waals surface area contributed by atoms with E-state index in [9.17, 15) is 13.2 Å². The van der Waals surface area contributed by atoms with E-state index in [4.69, 9.17) is 9.47 Å². The zero-order valence-corrected chi connectivity index (χ0v) is 12.6. The van der Waals surface area contributed by atoms with E-state index in [1.165, 1.54) is 16.4 Å². The molecule has 0 aliphatic carbocycles. The highest BCUT2D eigenvalue weighted by atomic mass is 32.2. The lowest BCUT2D eigenvalue weighted by atomic mass is 10.0. The van der Waals surface area contributed by atoms with Crippen molar-refractivity contribution in [3.63, 3.8) is 0 Å². The summed E-state index contributed by atoms with van der Waals surface area (Å²) in [5.41, 5.74) is 0. The van der Waals surface area contributed by atoms with Gasteiger partial charge in [0.25, 0.3) is 0 Å². The minimum absolute atomic E-state index is 0.0510. The summed E-state index contributed by atoms with van der Waals surface area (Å²) in [6.45, 7) is 2.04. The van der Waals surface area contributed by atoms with Crippen LogP contribution >= 0.6 is 0 Å². The van der Waals surface area contributed by atoms with Crippen molar-refractivity contribution in [3.05, 3.63) is 18.2 Å². The number of amides is 1. The molecule has 1 N–H and O–H groups in total. The Balaban J connectivity index is 1.63. The number of fused-ring (bicyclic) bond motifs is 2. The fourth-order valence-electron chi connectivity index (χ4n) is 3.23. The summed E-state index contributed by atoms with van der Waals surface area (Å²) in [6.07, 6.45) is 0. The molecule has 7 nitrogen and oxygen atoms in total. The maximum absolute atomic E-state index is 12.8. The molecule has 3 heterocycles. The zero-order chi connectivity index (χ0) is 15.3. The minimum atomic E-state index is -3.62. The SMILES string of the molecule is O=C1NC[C@H]2CN(S(=O)(=O)c3ccc4c(c3)OCCO4)C[C@@H]12. The first kappa shape index (κ1) is 13.8. The van der Waals surface area contributed by atoms with Crippen molar-refractivity contribution in [2.45, 2.75) is 4.90 Å². The second-order valence-electron chi connectivity index (χ2n) is 5.74. The van der Waals surface area contributed by atoms with Crippen LogP contribution in [0.3, 0.4) is 0 Å². The lowest BCUT2D eigenvalue weighted by Gasteiger charge is -2.21. The molecule has 1 amide bonds. The van der Waals surface area contributed by atoms with Crippen molar-refractivity contribution >= 4 is 15.9 Å². The van der Waals surface area contributed by atoms with Gasteiger partial charge in [0.15, 0.2) is 11.5 Å². The third kappa shape index (κ3) is 2.05. The van der Waals surface area contributed by atoms with Crippen LogP contribution in [0.5, 0.6) is 11.5 Å². The van der Waals surface area contributed by atoms with Crippen LogP contribution in [0.15, 0.2) is 23.1 Å². The second kappa shape index (κ2) is 4.85. The van der Waals surface area contributed by atoms with Crippen molar-refractivity contribution < 1.29 is 22.7 Å². The van der Waals surface area contributed by atoms with Gasteiger partial charge in [-0.25, -0.2) is 8.42 Å². The molecule has 0 spiro atoms. The van der Waals surface area contributed by atoms with Gasteiger partial charge >= 0.3 is 0 Å². The molecule has 3 aliphatic heterocycles. The molecule has 0 saturated carbocycles. The first-order chi connectivity index (χ1) is 10.6. The lowest BCUT2D eigenvalue weighted by molar-refractivity contribution is -0.122. The first-order valence-corrected chi connectivity index (χ1v) is 8.67. The number of ether oxygens (including phenoxy) is 2. The molecule has 0 aromatic heterocycles. The van der Waals surface area contributed by atoms with Crippen molar-refractivity contribution in [2.24, 2.45) is 11.8 Å². The molecule has 1 aromatic rings. The Morgan fingerprint density at radius 2 is 1.91 bits per heavy atom. The highest BCUT2D eigenvalue weighted by Gasteiger charge is 2.46. The number of nitrogens with one attached hydrogen (secondary N) is 1. The molecule has 2 atom stereocenters. The Morgan fingerprint density at radius 3 is 2.68 bits per heavy atom. The van der Waals surface area contributed by atoms with E-state index in [-0.39, 0.29) is 29.2 Å². The monoisotopic (exact) mass is 324 g/mol. The molecule has 8 heteroatoms. The van der Waals surface area contributed by atoms with Crippen LogP contribution < -0.4 is 14.8 Å². The highest BCUT2D eigenvalue weighted by Crippen LogP contribution is 2.36. The molecular weight excluding hydrogens is 308 g/mol. The van der Waals surface area contributed by atoms with E-state index < -0.39 is 10.0 Å². The van der Waals surface area contributed by atoms with Gasteiger partial charge in [-0.3, -0.25) is 4.79 Å². The molecule has 0 bridgehead atoms. The van der Waals surface area contributed by atoms with Crippen LogP contribution in [-0.4, -0.2) is 51.5 Å². The number of carbonyl (C=O) groups is 1. The zero-order valence-electron chi connectivity index (χ0n) is 11.8. The largest absolute Gasteiger partial charge is 0.486 e. The molecule has 1 aromatic carbocycles. The topological polar surface area (TPSA) is 84.9 Å². The molecule has 3 aliphatic rings. The number of carbonyl (C=O) groups excluding carboxylic acids is 1. The third-order valence-electron chi connectivity index (χ3n) is 4.43. The van der Waals surface area contributed by atoms with Crippen LogP contribution in [0, 0.1) is 11.8 Å². The normalized spacial score (nSPS) is 27.5. The third-order valence-corrected chi connectivity index (χ3v) is 6.26. The van der Waals surface area contributed by atoms with Gasteiger partial charge in [-0.15, -0.1) is 0 Å². The average molecular weight is 324 g/mol. The smallest absolute Gasteiger partial charge is 0.243 e. The molecule has 0 radical (unpaired) electrons. The van der Waals surface area contributed by atoms with Gasteiger partial charge in [0.2, 0.25) is 15.9 Å². The summed E-state index contributed by atoms with van der Waals surface area (Å²) >= 11 is 0. The number of rotatable bonds is 2. The van der Waals surface area contributed by atoms with Gasteiger partial charge in [-0.2, -0.15) is 4.31 Å². The Bertz CT molecular complexity index is 733. The maximum atomic E-state index is 12.8. The Kier molecular flexibility index (Phi) is 3.05. The van der Waals surface area contributed by atoms with Crippen LogP contribution in [-0.2, 0) is 14.8 Å². The Hall–Kier alpha value is -1.80. The van der Waals surface area contributed by atoms with Gasteiger partial charge < -0.3 is 14.8 Å². The van der Waals surface area contributed by atoms with Gasteiger partial charge in [-0.1, -0.05) is 0 Å². The molecule has 2 fully saturated rings. The molecule has 0 unspecified atom stereocenters. The molecule has 22 heavy (non-hydrogen) atoms. The van der Waals surface area contributed by atoms with Crippen LogP contribution in [0.25, 0.3) is 0 Å². The van der Waals surface area contributed by atoms with Crippen molar-refractivity contribution in [3.8, 4) is 11.5 Å². The van der Waals surface area contributed by atoms with E-state index in [1.54, 1.807) is 6.07 Å². The molecule has 4 rings (SSSR count). The van der Waals surface area contributed by atoms with Crippen LogP contribution in [0.2, 0.25) is 0 Å². The predicted molar refractivity (Wildman–Crippen MR) is 76.2 cm³/mol. The fourth-order valence-corrected chi connectivity index (χ4v) is 4.77. The van der Waals surface area contributed by atoms with E-state index in [0.29, 0.717) is 37.8 Å². The quantitative estimate of drug-likeness (QED) is 0.816. The fraction of sp³-hybridized carbons (Fsp3) is 0.500. The van der Waals surface area contributed by atoms with Gasteiger partial charge in [0.1, 0.15) is 13.2 Å². The second-order valence-corrected chi connectivity index (χ2v) is 7.68. The molecule has 118 valence electrons. The van der Waals surface area contributed by atoms with Crippen molar-refractivity contribution in [1.29, 1.82) is 0 Å². The van der Waals surface area contributed by atoms with E-state index in [0.717, 1.165) is 0 Å². The summed E-state index contributed by atoms with van der Waals surface area (Å²) in [4.78, 5) is 11.9. The predicted octanol–water partition coefficient (Wildman–Crippen LogP) is -0.176. The van der Waals surface area contributed by atoms with Crippen molar-refractivity contribution in [2.75, 3.05) is 32.8 Å². The number of nitrogens with zero attached hydrogens (tertiary/aromatic N) is 1. The Morgan fingerprint density at radius 1 is 1.14 bits per heavy atom. The number of benzene rings is 1. The van der Waals surface area contributed by atoms with E-state index >= 15 is 0 Å². The van der Waals surface area contributed by atoms with Gasteiger partial charge in [-0.05, 0) is 12.1 Å². The first-order valence-electron chi connectivity index (χ1n) is 7.23. The van der Waals surface area contributed by atoms with E-state index in [2.05, 4.69) is 5.32 Å². The minimum Gasteiger partial charge on any atom is -0.486 e. The van der Waals surface area contributed by atoms with Gasteiger partial charge in [0.05, 0.1) is 10.8 Å². The summed E-state index contributed by atoms with van der Waals surface area (Å²) < 4.78 is 37.8. The number of hydrogen-bond acceptors (Lipinski definition) is 5. The lowest BCUT2D eigenvalue weighted by Crippen LogP contribution is -2.33. The van der Waals surface area contributed by atoms with Crippen molar-refractivity contribution in [1.82, 2.24) is 9.62 Å². The number of hydrogen-bond donors (Lipinski definition) is 1. The standard InChI is InChI=1S/C14H16N2O5S/c17-14-11-8-16(7-9(11)6-15-14)22(18,19)10-1-2-12-13(5-10)21-4-3-20-12/h1-2,5,9,11H,3-4,6-8H2,(H,15,17)/t9-,11+/m0/s1. The summed E-state index contributed by atoms with van der Waals surface area (Å²) in [5.74, 6) is 0.795. The van der Waals surface area contributed by atoms with Gasteiger partial charge in [0, 0.05) is 31.6 Å². The maximum Gasteiger partial charge on any atom is 0.243 e.